The van der Waals surface area contributed by atoms with E-state index in [0.29, 0.717) is 5.75 Å². The minimum Gasteiger partial charge on any atom is -0.504 e. The molecule has 0 atom stereocenters. The number of ether oxygens (including phenoxy) is 1. The lowest BCUT2D eigenvalue weighted by Gasteiger charge is -2.03. The standard InChI is InChI=1S/C10H12O3.C2H6O/c1-13-10-7-8(3-2-6-11)4-5-9(10)12;1-2-3/h2-5,7,11-12H,6H2,1H3;3H,2H2,1H3/b3-2+;. The molecule has 16 heavy (non-hydrogen) atoms. The van der Waals surface area contributed by atoms with Crippen molar-refractivity contribution in [2.45, 2.75) is 6.92 Å². The maximum Gasteiger partial charge on any atom is 0.161 e. The summed E-state index contributed by atoms with van der Waals surface area (Å²) >= 11 is 0. The Balaban J connectivity index is 0.000000673. The van der Waals surface area contributed by atoms with Crippen molar-refractivity contribution in [3.05, 3.63) is 29.8 Å². The first kappa shape index (κ1) is 14.5. The number of rotatable bonds is 3. The summed E-state index contributed by atoms with van der Waals surface area (Å²) in [5, 5.41) is 25.4. The molecule has 0 aliphatic carbocycles. The SMILES string of the molecule is CCO.COc1cc(/C=C/CO)ccc1O. The number of hydrogen-bond acceptors (Lipinski definition) is 4. The summed E-state index contributed by atoms with van der Waals surface area (Å²) in [7, 11) is 1.49. The first-order valence-electron chi connectivity index (χ1n) is 4.94. The second-order valence-corrected chi connectivity index (χ2v) is 2.83. The second kappa shape index (κ2) is 8.76. The molecule has 0 amide bonds. The van der Waals surface area contributed by atoms with Gasteiger partial charge >= 0.3 is 0 Å². The zero-order chi connectivity index (χ0) is 12.4. The fraction of sp³-hybridized carbons (Fsp3) is 0.333. The van der Waals surface area contributed by atoms with E-state index >= 15 is 0 Å². The largest absolute Gasteiger partial charge is 0.504 e. The predicted molar refractivity (Wildman–Crippen MR) is 63.5 cm³/mol. The highest BCUT2D eigenvalue weighted by molar-refractivity contribution is 5.55. The zero-order valence-electron chi connectivity index (χ0n) is 9.55. The van der Waals surface area contributed by atoms with Crippen molar-refractivity contribution >= 4 is 6.08 Å². The Morgan fingerprint density at radius 2 is 1.94 bits per heavy atom. The molecule has 0 aromatic heterocycles. The van der Waals surface area contributed by atoms with Crippen molar-refractivity contribution in [2.24, 2.45) is 0 Å². The molecule has 4 nitrogen and oxygen atoms in total. The van der Waals surface area contributed by atoms with E-state index in [1.165, 1.54) is 7.11 Å². The Bertz CT molecular complexity index is 321. The van der Waals surface area contributed by atoms with Crippen LogP contribution in [0.3, 0.4) is 0 Å². The molecule has 0 unspecified atom stereocenters. The van der Waals surface area contributed by atoms with E-state index in [1.54, 1.807) is 37.3 Å². The molecule has 3 N–H and O–H groups in total. The third-order valence-corrected chi connectivity index (χ3v) is 1.62. The Labute approximate surface area is 95.4 Å². The predicted octanol–water partition coefficient (Wildman–Crippen LogP) is 1.40. The van der Waals surface area contributed by atoms with Crippen molar-refractivity contribution in [2.75, 3.05) is 20.3 Å². The van der Waals surface area contributed by atoms with Gasteiger partial charge in [-0.05, 0) is 24.6 Å². The lowest BCUT2D eigenvalue weighted by Crippen LogP contribution is -1.84. The molecule has 1 aromatic carbocycles. The van der Waals surface area contributed by atoms with Gasteiger partial charge in [-0.15, -0.1) is 0 Å². The number of phenolic OH excluding ortho intramolecular Hbond substituents is 1. The van der Waals surface area contributed by atoms with Crippen molar-refractivity contribution in [1.29, 1.82) is 0 Å². The first-order chi connectivity index (χ1) is 7.69. The average molecular weight is 226 g/mol. The summed E-state index contributed by atoms with van der Waals surface area (Å²) in [6.07, 6.45) is 3.37. The van der Waals surface area contributed by atoms with Crippen LogP contribution in [0.25, 0.3) is 6.08 Å². The zero-order valence-corrected chi connectivity index (χ0v) is 9.55. The average Bonchev–Trinajstić information content (AvgIpc) is 2.29. The number of benzene rings is 1. The summed E-state index contributed by atoms with van der Waals surface area (Å²) in [4.78, 5) is 0. The van der Waals surface area contributed by atoms with Gasteiger partial charge in [-0.1, -0.05) is 18.2 Å². The topological polar surface area (TPSA) is 69.9 Å². The van der Waals surface area contributed by atoms with E-state index in [4.69, 9.17) is 14.9 Å². The van der Waals surface area contributed by atoms with Crippen molar-refractivity contribution < 1.29 is 20.1 Å². The molecule has 0 saturated heterocycles. The summed E-state index contributed by atoms with van der Waals surface area (Å²) in [5.41, 5.74) is 0.878. The van der Waals surface area contributed by atoms with Crippen molar-refractivity contribution in [3.63, 3.8) is 0 Å². The molecule has 1 rings (SSSR count). The number of aromatic hydroxyl groups is 1. The number of aliphatic hydroxyl groups is 2. The molecule has 0 aliphatic rings. The van der Waals surface area contributed by atoms with Gasteiger partial charge in [0.25, 0.3) is 0 Å². The van der Waals surface area contributed by atoms with Crippen LogP contribution in [0.1, 0.15) is 12.5 Å². The van der Waals surface area contributed by atoms with Crippen LogP contribution < -0.4 is 4.74 Å². The Hall–Kier alpha value is -1.52. The molecule has 0 saturated carbocycles. The quantitative estimate of drug-likeness (QED) is 0.728. The van der Waals surface area contributed by atoms with Gasteiger partial charge < -0.3 is 20.1 Å². The minimum atomic E-state index is 0.00317. The fourth-order valence-corrected chi connectivity index (χ4v) is 0.987. The van der Waals surface area contributed by atoms with Gasteiger partial charge in [0.1, 0.15) is 0 Å². The minimum absolute atomic E-state index is 0.00317. The highest BCUT2D eigenvalue weighted by atomic mass is 16.5. The van der Waals surface area contributed by atoms with E-state index < -0.39 is 0 Å². The molecule has 0 spiro atoms. The fourth-order valence-electron chi connectivity index (χ4n) is 0.987. The smallest absolute Gasteiger partial charge is 0.161 e. The Morgan fingerprint density at radius 3 is 2.44 bits per heavy atom. The molecular formula is C12H18O4. The summed E-state index contributed by atoms with van der Waals surface area (Å²) in [6, 6.07) is 4.99. The van der Waals surface area contributed by atoms with E-state index in [-0.39, 0.29) is 19.0 Å². The third-order valence-electron chi connectivity index (χ3n) is 1.62. The molecule has 1 aromatic rings. The third kappa shape index (κ3) is 5.38. The molecule has 90 valence electrons. The van der Waals surface area contributed by atoms with Crippen LogP contribution in [-0.4, -0.2) is 35.6 Å². The summed E-state index contributed by atoms with van der Waals surface area (Å²) in [6.45, 7) is 1.93. The summed E-state index contributed by atoms with van der Waals surface area (Å²) < 4.78 is 4.92. The molecule has 0 fully saturated rings. The molecule has 0 radical (unpaired) electrons. The Kier molecular flexibility index (Phi) is 7.93. The number of aliphatic hydroxyl groups excluding tert-OH is 2. The van der Waals surface area contributed by atoms with E-state index in [9.17, 15) is 5.11 Å². The molecular weight excluding hydrogens is 208 g/mol. The van der Waals surface area contributed by atoms with Crippen LogP contribution in [-0.2, 0) is 0 Å². The number of phenols is 1. The van der Waals surface area contributed by atoms with Crippen LogP contribution >= 0.6 is 0 Å². The Morgan fingerprint density at radius 1 is 1.31 bits per heavy atom. The van der Waals surface area contributed by atoms with Crippen LogP contribution in [0.2, 0.25) is 0 Å². The highest BCUT2D eigenvalue weighted by Gasteiger charge is 1.99. The van der Waals surface area contributed by atoms with E-state index in [1.807, 2.05) is 0 Å². The molecule has 0 heterocycles. The van der Waals surface area contributed by atoms with Gasteiger partial charge in [-0.25, -0.2) is 0 Å². The monoisotopic (exact) mass is 226 g/mol. The van der Waals surface area contributed by atoms with Crippen LogP contribution in [0.5, 0.6) is 11.5 Å². The maximum atomic E-state index is 9.26. The van der Waals surface area contributed by atoms with Gasteiger partial charge in [0.15, 0.2) is 11.5 Å². The second-order valence-electron chi connectivity index (χ2n) is 2.83. The lowest BCUT2D eigenvalue weighted by atomic mass is 10.2. The van der Waals surface area contributed by atoms with Gasteiger partial charge in [-0.2, -0.15) is 0 Å². The van der Waals surface area contributed by atoms with E-state index in [0.717, 1.165) is 5.56 Å². The molecule has 4 heteroatoms. The summed E-state index contributed by atoms with van der Waals surface area (Å²) in [5.74, 6) is 0.545. The maximum absolute atomic E-state index is 9.26. The van der Waals surface area contributed by atoms with Crippen molar-refractivity contribution in [3.8, 4) is 11.5 Å². The number of hydrogen-bond donors (Lipinski definition) is 3. The van der Waals surface area contributed by atoms with Gasteiger partial charge in [0.05, 0.1) is 13.7 Å². The first-order valence-corrected chi connectivity index (χ1v) is 4.94. The highest BCUT2D eigenvalue weighted by Crippen LogP contribution is 2.26. The number of methoxy groups -OCH3 is 1. The van der Waals surface area contributed by atoms with Gasteiger partial charge in [0.2, 0.25) is 0 Å². The normalized spacial score (nSPS) is 9.75. The lowest BCUT2D eigenvalue weighted by molar-refractivity contribution is 0.318. The van der Waals surface area contributed by atoms with Crippen LogP contribution in [0, 0.1) is 0 Å². The van der Waals surface area contributed by atoms with Gasteiger partial charge in [0, 0.05) is 6.61 Å². The van der Waals surface area contributed by atoms with Crippen LogP contribution in [0.15, 0.2) is 24.3 Å². The molecule has 0 bridgehead atoms. The van der Waals surface area contributed by atoms with Crippen LogP contribution in [0.4, 0.5) is 0 Å². The van der Waals surface area contributed by atoms with Gasteiger partial charge in [-0.3, -0.25) is 0 Å². The van der Waals surface area contributed by atoms with E-state index in [2.05, 4.69) is 0 Å². The van der Waals surface area contributed by atoms with Crippen molar-refractivity contribution in [1.82, 2.24) is 0 Å². The molecule has 0 aliphatic heterocycles.